The van der Waals surface area contributed by atoms with E-state index in [1.807, 2.05) is 13.0 Å². The van der Waals surface area contributed by atoms with E-state index >= 15 is 0 Å². The van der Waals surface area contributed by atoms with E-state index in [0.717, 1.165) is 17.5 Å². The lowest BCUT2D eigenvalue weighted by Gasteiger charge is -2.20. The Morgan fingerprint density at radius 1 is 1.40 bits per heavy atom. The summed E-state index contributed by atoms with van der Waals surface area (Å²) in [6.07, 6.45) is 0.975. The van der Waals surface area contributed by atoms with Crippen LogP contribution in [0.1, 0.15) is 31.4 Å². The Labute approximate surface area is 89.9 Å². The molecule has 0 aliphatic heterocycles. The molecule has 0 amide bonds. The molecule has 1 unspecified atom stereocenters. The molecule has 1 saturated carbocycles. The lowest BCUT2D eigenvalue weighted by atomic mass is 9.86. The first kappa shape index (κ1) is 10.6. The average molecular weight is 208 g/mol. The molecule has 2 rings (SSSR count). The van der Waals surface area contributed by atoms with Gasteiger partial charge in [0, 0.05) is 5.41 Å². The molecule has 0 saturated heterocycles. The Morgan fingerprint density at radius 3 is 2.40 bits per heavy atom. The molecule has 0 heterocycles. The van der Waals surface area contributed by atoms with Crippen LogP contribution in [0.3, 0.4) is 0 Å². The quantitative estimate of drug-likeness (QED) is 0.792. The second-order valence-corrected chi connectivity index (χ2v) is 5.26. The van der Waals surface area contributed by atoms with Gasteiger partial charge in [-0.3, -0.25) is 0 Å². The molecule has 1 aliphatic rings. The van der Waals surface area contributed by atoms with E-state index in [4.69, 9.17) is 0 Å². The maximum absolute atomic E-state index is 13.0. The molecule has 2 heteroatoms. The van der Waals surface area contributed by atoms with Gasteiger partial charge in [0.1, 0.15) is 5.82 Å². The van der Waals surface area contributed by atoms with Gasteiger partial charge in [-0.25, -0.2) is 4.39 Å². The fourth-order valence-corrected chi connectivity index (χ4v) is 2.69. The highest BCUT2D eigenvalue weighted by Gasteiger charge is 2.61. The van der Waals surface area contributed by atoms with E-state index in [9.17, 15) is 9.50 Å². The fraction of sp³-hybridized carbons (Fsp3) is 0.538. The number of rotatable bonds is 2. The Kier molecular flexibility index (Phi) is 2.16. The fourth-order valence-electron chi connectivity index (χ4n) is 2.69. The molecule has 0 radical (unpaired) electrons. The van der Waals surface area contributed by atoms with Gasteiger partial charge >= 0.3 is 0 Å². The molecule has 1 aliphatic carbocycles. The smallest absolute Gasteiger partial charge is 0.123 e. The van der Waals surface area contributed by atoms with Crippen molar-refractivity contribution in [2.24, 2.45) is 5.41 Å². The van der Waals surface area contributed by atoms with Crippen LogP contribution >= 0.6 is 0 Å². The molecule has 15 heavy (non-hydrogen) atoms. The first-order valence-electron chi connectivity index (χ1n) is 5.30. The summed E-state index contributed by atoms with van der Waals surface area (Å²) in [5.41, 5.74) is 2.01. The highest BCUT2D eigenvalue weighted by atomic mass is 19.1. The van der Waals surface area contributed by atoms with Crippen molar-refractivity contribution in [1.82, 2.24) is 0 Å². The van der Waals surface area contributed by atoms with Crippen LogP contribution in [0, 0.1) is 18.2 Å². The van der Waals surface area contributed by atoms with Gasteiger partial charge in [-0.1, -0.05) is 19.9 Å². The Balaban J connectivity index is 2.46. The standard InChI is InChI=1S/C13H17FO/c1-9-6-10(14)4-5-11(9)13(8-15)7-12(13,2)3/h4-6,15H,7-8H2,1-3H3. The molecular weight excluding hydrogens is 191 g/mol. The molecule has 0 bridgehead atoms. The topological polar surface area (TPSA) is 20.2 Å². The number of halogens is 1. The van der Waals surface area contributed by atoms with Gasteiger partial charge in [0.05, 0.1) is 6.61 Å². The molecule has 1 aromatic rings. The number of hydrogen-bond acceptors (Lipinski definition) is 1. The van der Waals surface area contributed by atoms with Crippen molar-refractivity contribution < 1.29 is 9.50 Å². The maximum atomic E-state index is 13.0. The van der Waals surface area contributed by atoms with E-state index in [0.29, 0.717) is 0 Å². The SMILES string of the molecule is Cc1cc(F)ccc1C1(CO)CC1(C)C. The Bertz CT molecular complexity index is 398. The molecule has 1 fully saturated rings. The number of aliphatic hydroxyl groups is 1. The molecule has 1 nitrogen and oxygen atoms in total. The summed E-state index contributed by atoms with van der Waals surface area (Å²) in [5.74, 6) is -0.206. The summed E-state index contributed by atoms with van der Waals surface area (Å²) in [6.45, 7) is 6.34. The normalized spacial score (nSPS) is 27.8. The molecule has 1 N–H and O–H groups in total. The van der Waals surface area contributed by atoms with Crippen molar-refractivity contribution in [2.75, 3.05) is 6.61 Å². The van der Waals surface area contributed by atoms with Crippen molar-refractivity contribution in [3.63, 3.8) is 0 Å². The minimum atomic E-state index is -0.206. The summed E-state index contributed by atoms with van der Waals surface area (Å²) >= 11 is 0. The molecule has 1 atom stereocenters. The second-order valence-electron chi connectivity index (χ2n) is 5.26. The minimum absolute atomic E-state index is 0.129. The second kappa shape index (κ2) is 3.05. The van der Waals surface area contributed by atoms with Gasteiger partial charge < -0.3 is 5.11 Å². The molecule has 82 valence electrons. The van der Waals surface area contributed by atoms with Gasteiger partial charge in [0.2, 0.25) is 0 Å². The molecule has 1 aromatic carbocycles. The van der Waals surface area contributed by atoms with Crippen molar-refractivity contribution in [3.8, 4) is 0 Å². The van der Waals surface area contributed by atoms with E-state index in [1.165, 1.54) is 6.07 Å². The summed E-state index contributed by atoms with van der Waals surface area (Å²) in [6, 6.07) is 4.84. The van der Waals surface area contributed by atoms with Crippen molar-refractivity contribution >= 4 is 0 Å². The highest BCUT2D eigenvalue weighted by molar-refractivity contribution is 5.42. The summed E-state index contributed by atoms with van der Waals surface area (Å²) < 4.78 is 13.0. The zero-order valence-electron chi connectivity index (χ0n) is 9.47. The first-order valence-corrected chi connectivity index (χ1v) is 5.30. The predicted octanol–water partition coefficient (Wildman–Crippen LogP) is 2.79. The Morgan fingerprint density at radius 2 is 2.00 bits per heavy atom. The third kappa shape index (κ3) is 1.39. The van der Waals surface area contributed by atoms with Gasteiger partial charge in [0.15, 0.2) is 0 Å². The number of hydrogen-bond donors (Lipinski definition) is 1. The largest absolute Gasteiger partial charge is 0.395 e. The van der Waals surface area contributed by atoms with Crippen LogP contribution in [0.5, 0.6) is 0 Å². The van der Waals surface area contributed by atoms with Crippen LogP contribution in [0.25, 0.3) is 0 Å². The van der Waals surface area contributed by atoms with Crippen LogP contribution in [-0.2, 0) is 5.41 Å². The third-order valence-corrected chi connectivity index (χ3v) is 3.89. The summed E-state index contributed by atoms with van der Waals surface area (Å²) in [5, 5.41) is 9.55. The van der Waals surface area contributed by atoms with E-state index in [2.05, 4.69) is 13.8 Å². The molecule has 0 spiro atoms. The van der Waals surface area contributed by atoms with Crippen molar-refractivity contribution in [2.45, 2.75) is 32.6 Å². The maximum Gasteiger partial charge on any atom is 0.123 e. The van der Waals surface area contributed by atoms with Crippen molar-refractivity contribution in [1.29, 1.82) is 0 Å². The van der Waals surface area contributed by atoms with Crippen LogP contribution in [-0.4, -0.2) is 11.7 Å². The van der Waals surface area contributed by atoms with Crippen LogP contribution in [0.2, 0.25) is 0 Å². The average Bonchev–Trinajstić information content (AvgIpc) is 2.69. The number of benzene rings is 1. The van der Waals surface area contributed by atoms with Gasteiger partial charge in [-0.05, 0) is 42.0 Å². The van der Waals surface area contributed by atoms with E-state index in [1.54, 1.807) is 6.07 Å². The van der Waals surface area contributed by atoms with Crippen LogP contribution in [0.4, 0.5) is 4.39 Å². The summed E-state index contributed by atoms with van der Waals surface area (Å²) in [4.78, 5) is 0. The molecular formula is C13H17FO. The zero-order valence-corrected chi connectivity index (χ0v) is 9.47. The molecule has 0 aromatic heterocycles. The van der Waals surface area contributed by atoms with Gasteiger partial charge in [-0.2, -0.15) is 0 Å². The lowest BCUT2D eigenvalue weighted by Crippen LogP contribution is -2.20. The van der Waals surface area contributed by atoms with Gasteiger partial charge in [0.25, 0.3) is 0 Å². The van der Waals surface area contributed by atoms with E-state index in [-0.39, 0.29) is 23.3 Å². The minimum Gasteiger partial charge on any atom is -0.395 e. The number of aryl methyl sites for hydroxylation is 1. The predicted molar refractivity (Wildman–Crippen MR) is 58.3 cm³/mol. The summed E-state index contributed by atoms with van der Waals surface area (Å²) in [7, 11) is 0. The Hall–Kier alpha value is -0.890. The van der Waals surface area contributed by atoms with Crippen LogP contribution < -0.4 is 0 Å². The van der Waals surface area contributed by atoms with Gasteiger partial charge in [-0.15, -0.1) is 0 Å². The first-order chi connectivity index (χ1) is 6.93. The lowest BCUT2D eigenvalue weighted by molar-refractivity contribution is 0.231. The van der Waals surface area contributed by atoms with Crippen molar-refractivity contribution in [3.05, 3.63) is 35.1 Å². The zero-order chi connectivity index (χ0) is 11.3. The number of aliphatic hydroxyl groups excluding tert-OH is 1. The van der Waals surface area contributed by atoms with E-state index < -0.39 is 0 Å². The highest BCUT2D eigenvalue weighted by Crippen LogP contribution is 2.64. The van der Waals surface area contributed by atoms with Crippen LogP contribution in [0.15, 0.2) is 18.2 Å². The third-order valence-electron chi connectivity index (χ3n) is 3.89. The monoisotopic (exact) mass is 208 g/mol.